The van der Waals surface area contributed by atoms with Gasteiger partial charge in [-0.15, -0.1) is 0 Å². The van der Waals surface area contributed by atoms with Crippen molar-refractivity contribution in [3.63, 3.8) is 0 Å². The first-order valence-electron chi connectivity index (χ1n) is 5.74. The SMILES string of the molecule is Clc1cc(C2CNC2)nc(-c2ccccc2Cl)n1. The van der Waals surface area contributed by atoms with Crippen molar-refractivity contribution in [2.24, 2.45) is 0 Å². The van der Waals surface area contributed by atoms with Crippen LogP contribution in [0.4, 0.5) is 0 Å². The highest BCUT2D eigenvalue weighted by molar-refractivity contribution is 6.33. The van der Waals surface area contributed by atoms with Gasteiger partial charge < -0.3 is 5.32 Å². The zero-order chi connectivity index (χ0) is 12.5. The van der Waals surface area contributed by atoms with E-state index in [0.717, 1.165) is 24.3 Å². The van der Waals surface area contributed by atoms with E-state index in [9.17, 15) is 0 Å². The Labute approximate surface area is 115 Å². The fourth-order valence-corrected chi connectivity index (χ4v) is 2.32. The lowest BCUT2D eigenvalue weighted by Crippen LogP contribution is -2.40. The summed E-state index contributed by atoms with van der Waals surface area (Å²) in [5, 5.41) is 4.32. The van der Waals surface area contributed by atoms with E-state index in [1.165, 1.54) is 0 Å². The molecule has 1 aliphatic heterocycles. The summed E-state index contributed by atoms with van der Waals surface area (Å²) in [6, 6.07) is 9.35. The van der Waals surface area contributed by atoms with Gasteiger partial charge in [-0.2, -0.15) is 0 Å². The normalized spacial score (nSPS) is 15.4. The third-order valence-corrected chi connectivity index (χ3v) is 3.55. The van der Waals surface area contributed by atoms with Crippen molar-refractivity contribution >= 4 is 23.2 Å². The van der Waals surface area contributed by atoms with Crippen molar-refractivity contribution in [1.29, 1.82) is 0 Å². The molecule has 0 amide bonds. The summed E-state index contributed by atoms with van der Waals surface area (Å²) >= 11 is 12.2. The topological polar surface area (TPSA) is 37.8 Å². The summed E-state index contributed by atoms with van der Waals surface area (Å²) in [7, 11) is 0. The summed E-state index contributed by atoms with van der Waals surface area (Å²) in [5.74, 6) is 1.02. The summed E-state index contributed by atoms with van der Waals surface area (Å²) in [6.45, 7) is 1.88. The Morgan fingerprint density at radius 3 is 2.56 bits per heavy atom. The minimum atomic E-state index is 0.423. The predicted molar refractivity (Wildman–Crippen MR) is 73.1 cm³/mol. The molecular formula is C13H11Cl2N3. The van der Waals surface area contributed by atoms with Gasteiger partial charge in [0.05, 0.1) is 10.7 Å². The number of halogens is 2. The first-order chi connectivity index (χ1) is 8.74. The summed E-state index contributed by atoms with van der Waals surface area (Å²) in [6.07, 6.45) is 0. The summed E-state index contributed by atoms with van der Waals surface area (Å²) in [4.78, 5) is 8.82. The molecule has 3 nitrogen and oxygen atoms in total. The Hall–Kier alpha value is -1.16. The lowest BCUT2D eigenvalue weighted by atomic mass is 9.99. The van der Waals surface area contributed by atoms with Crippen LogP contribution in [0.15, 0.2) is 30.3 Å². The van der Waals surface area contributed by atoms with E-state index < -0.39 is 0 Å². The van der Waals surface area contributed by atoms with Crippen LogP contribution >= 0.6 is 23.2 Å². The van der Waals surface area contributed by atoms with Crippen molar-refractivity contribution in [3.05, 3.63) is 46.2 Å². The zero-order valence-electron chi connectivity index (χ0n) is 9.53. The molecule has 1 N–H and O–H groups in total. The van der Waals surface area contributed by atoms with Crippen LogP contribution in [0.1, 0.15) is 11.6 Å². The van der Waals surface area contributed by atoms with Gasteiger partial charge in [-0.1, -0.05) is 35.3 Å². The Bertz CT molecular complexity index is 582. The fraction of sp³-hybridized carbons (Fsp3) is 0.231. The van der Waals surface area contributed by atoms with Gasteiger partial charge in [0.1, 0.15) is 5.15 Å². The van der Waals surface area contributed by atoms with Gasteiger partial charge in [0.25, 0.3) is 0 Å². The highest BCUT2D eigenvalue weighted by atomic mass is 35.5. The largest absolute Gasteiger partial charge is 0.315 e. The molecule has 5 heteroatoms. The Kier molecular flexibility index (Phi) is 3.20. The maximum atomic E-state index is 6.16. The van der Waals surface area contributed by atoms with E-state index in [-0.39, 0.29) is 0 Å². The molecule has 1 aromatic heterocycles. The monoisotopic (exact) mass is 279 g/mol. The van der Waals surface area contributed by atoms with Crippen LogP contribution in [0.25, 0.3) is 11.4 Å². The number of rotatable bonds is 2. The lowest BCUT2D eigenvalue weighted by Gasteiger charge is -2.26. The first-order valence-corrected chi connectivity index (χ1v) is 6.50. The van der Waals surface area contributed by atoms with Gasteiger partial charge in [-0.05, 0) is 18.2 Å². The lowest BCUT2D eigenvalue weighted by molar-refractivity contribution is 0.439. The number of aromatic nitrogens is 2. The third-order valence-electron chi connectivity index (χ3n) is 3.03. The highest BCUT2D eigenvalue weighted by Crippen LogP contribution is 2.28. The van der Waals surface area contributed by atoms with E-state index >= 15 is 0 Å². The summed E-state index contributed by atoms with van der Waals surface area (Å²) < 4.78 is 0. The highest BCUT2D eigenvalue weighted by Gasteiger charge is 2.22. The molecule has 2 aromatic rings. The second kappa shape index (κ2) is 4.84. The Morgan fingerprint density at radius 2 is 1.89 bits per heavy atom. The van der Waals surface area contributed by atoms with Crippen LogP contribution in [0.5, 0.6) is 0 Å². The minimum Gasteiger partial charge on any atom is -0.315 e. The molecule has 1 aromatic carbocycles. The van der Waals surface area contributed by atoms with E-state index in [1.54, 1.807) is 0 Å². The first kappa shape index (κ1) is 11.9. The molecule has 2 heterocycles. The van der Waals surface area contributed by atoms with Crippen LogP contribution in [0.2, 0.25) is 10.2 Å². The van der Waals surface area contributed by atoms with Crippen molar-refractivity contribution in [3.8, 4) is 11.4 Å². The molecule has 0 spiro atoms. The van der Waals surface area contributed by atoms with E-state index in [2.05, 4.69) is 15.3 Å². The fourth-order valence-electron chi connectivity index (χ4n) is 1.90. The second-order valence-electron chi connectivity index (χ2n) is 4.27. The van der Waals surface area contributed by atoms with Gasteiger partial charge in [0, 0.05) is 24.6 Å². The van der Waals surface area contributed by atoms with E-state index in [0.29, 0.717) is 21.9 Å². The second-order valence-corrected chi connectivity index (χ2v) is 5.07. The third kappa shape index (κ3) is 2.21. The molecule has 0 radical (unpaired) electrons. The van der Waals surface area contributed by atoms with Crippen molar-refractivity contribution in [2.45, 2.75) is 5.92 Å². The number of hydrogen-bond donors (Lipinski definition) is 1. The number of nitrogens with zero attached hydrogens (tertiary/aromatic N) is 2. The van der Waals surface area contributed by atoms with Gasteiger partial charge in [-0.25, -0.2) is 9.97 Å². The van der Waals surface area contributed by atoms with Gasteiger partial charge in [0.15, 0.2) is 5.82 Å². The molecule has 18 heavy (non-hydrogen) atoms. The molecule has 1 aliphatic rings. The predicted octanol–water partition coefficient (Wildman–Crippen LogP) is 3.14. The van der Waals surface area contributed by atoms with Crippen molar-refractivity contribution < 1.29 is 0 Å². The zero-order valence-corrected chi connectivity index (χ0v) is 11.0. The molecule has 1 fully saturated rings. The molecule has 1 saturated heterocycles. The average Bonchev–Trinajstić information content (AvgIpc) is 2.26. The van der Waals surface area contributed by atoms with E-state index in [4.69, 9.17) is 23.2 Å². The molecular weight excluding hydrogens is 269 g/mol. The standard InChI is InChI=1S/C13H11Cl2N3/c14-10-4-2-1-3-9(10)13-17-11(5-12(15)18-13)8-6-16-7-8/h1-5,8,16H,6-7H2. The average molecular weight is 280 g/mol. The molecule has 92 valence electrons. The van der Waals surface area contributed by atoms with Crippen LogP contribution in [-0.4, -0.2) is 23.1 Å². The minimum absolute atomic E-state index is 0.423. The van der Waals surface area contributed by atoms with E-state index in [1.807, 2.05) is 30.3 Å². The number of benzene rings is 1. The van der Waals surface area contributed by atoms with Gasteiger partial charge in [0.2, 0.25) is 0 Å². The Balaban J connectivity index is 2.06. The number of nitrogens with one attached hydrogen (secondary N) is 1. The molecule has 3 rings (SSSR count). The van der Waals surface area contributed by atoms with Crippen molar-refractivity contribution in [2.75, 3.05) is 13.1 Å². The molecule has 0 bridgehead atoms. The Morgan fingerprint density at radius 1 is 1.11 bits per heavy atom. The van der Waals surface area contributed by atoms with Gasteiger partial charge in [-0.3, -0.25) is 0 Å². The maximum absolute atomic E-state index is 6.16. The van der Waals surface area contributed by atoms with Crippen molar-refractivity contribution in [1.82, 2.24) is 15.3 Å². The van der Waals surface area contributed by atoms with Crippen LogP contribution in [0, 0.1) is 0 Å². The molecule has 0 saturated carbocycles. The van der Waals surface area contributed by atoms with Crippen LogP contribution < -0.4 is 5.32 Å². The summed E-state index contributed by atoms with van der Waals surface area (Å²) in [5.41, 5.74) is 1.79. The van der Waals surface area contributed by atoms with Gasteiger partial charge >= 0.3 is 0 Å². The van der Waals surface area contributed by atoms with Crippen LogP contribution in [0.3, 0.4) is 0 Å². The molecule has 0 atom stereocenters. The maximum Gasteiger partial charge on any atom is 0.162 e. The smallest absolute Gasteiger partial charge is 0.162 e. The number of hydrogen-bond acceptors (Lipinski definition) is 3. The van der Waals surface area contributed by atoms with Crippen LogP contribution in [-0.2, 0) is 0 Å². The molecule has 0 unspecified atom stereocenters. The molecule has 0 aliphatic carbocycles. The quantitative estimate of drug-likeness (QED) is 0.859.